The van der Waals surface area contributed by atoms with Crippen molar-refractivity contribution in [2.45, 2.75) is 26.8 Å². The van der Waals surface area contributed by atoms with E-state index in [9.17, 15) is 4.79 Å². The van der Waals surface area contributed by atoms with Crippen LogP contribution >= 0.6 is 0 Å². The Kier molecular flexibility index (Phi) is 5.65. The number of methoxy groups -OCH3 is 1. The zero-order valence-corrected chi connectivity index (χ0v) is 11.5. The van der Waals surface area contributed by atoms with Crippen molar-refractivity contribution < 1.29 is 9.53 Å². The first-order valence-electron chi connectivity index (χ1n) is 6.15. The Balaban J connectivity index is 2.50. The van der Waals surface area contributed by atoms with E-state index in [2.05, 4.69) is 24.5 Å². The highest BCUT2D eigenvalue weighted by atomic mass is 16.5. The highest BCUT2D eigenvalue weighted by Gasteiger charge is 2.11. The first-order chi connectivity index (χ1) is 8.54. The molecule has 1 unspecified atom stereocenters. The Labute approximate surface area is 109 Å². The Morgan fingerprint density at radius 1 is 1.33 bits per heavy atom. The van der Waals surface area contributed by atoms with Gasteiger partial charge in [0.05, 0.1) is 6.61 Å². The molecule has 4 heteroatoms. The second-order valence-corrected chi connectivity index (χ2v) is 4.45. The lowest BCUT2D eigenvalue weighted by molar-refractivity contribution is -0.121. The third-order valence-electron chi connectivity index (χ3n) is 2.89. The van der Waals surface area contributed by atoms with Crippen LogP contribution in [0.1, 0.15) is 18.1 Å². The molecule has 0 aliphatic heterocycles. The van der Waals surface area contributed by atoms with Gasteiger partial charge in [-0.05, 0) is 44.0 Å². The number of aryl methyl sites for hydroxylation is 2. The van der Waals surface area contributed by atoms with Gasteiger partial charge in [0.1, 0.15) is 6.04 Å². The van der Waals surface area contributed by atoms with Crippen molar-refractivity contribution in [1.82, 2.24) is 5.32 Å². The number of anilines is 1. The first-order valence-corrected chi connectivity index (χ1v) is 6.15. The lowest BCUT2D eigenvalue weighted by Crippen LogP contribution is -2.39. The molecule has 1 amide bonds. The van der Waals surface area contributed by atoms with Gasteiger partial charge in [0.25, 0.3) is 0 Å². The molecule has 0 aliphatic carbocycles. The number of nitrogens with one attached hydrogen (secondary N) is 2. The SMILES string of the molecule is COCCNC(=O)C(C)Nc1ccc(C)c(C)c1. The van der Waals surface area contributed by atoms with Crippen molar-refractivity contribution in [3.63, 3.8) is 0 Å². The van der Waals surface area contributed by atoms with Crippen LogP contribution in [0.5, 0.6) is 0 Å². The Morgan fingerprint density at radius 3 is 2.67 bits per heavy atom. The third-order valence-corrected chi connectivity index (χ3v) is 2.89. The Hall–Kier alpha value is -1.55. The molecule has 1 aromatic rings. The van der Waals surface area contributed by atoms with Crippen LogP contribution in [0.15, 0.2) is 18.2 Å². The molecule has 2 N–H and O–H groups in total. The number of amides is 1. The quantitative estimate of drug-likeness (QED) is 0.758. The molecule has 18 heavy (non-hydrogen) atoms. The van der Waals surface area contributed by atoms with Gasteiger partial charge < -0.3 is 15.4 Å². The van der Waals surface area contributed by atoms with E-state index in [1.807, 2.05) is 25.1 Å². The summed E-state index contributed by atoms with van der Waals surface area (Å²) in [5.41, 5.74) is 3.43. The summed E-state index contributed by atoms with van der Waals surface area (Å²) in [6, 6.07) is 5.83. The zero-order chi connectivity index (χ0) is 13.5. The number of carbonyl (C=O) groups excluding carboxylic acids is 1. The van der Waals surface area contributed by atoms with E-state index in [0.717, 1.165) is 5.69 Å². The monoisotopic (exact) mass is 250 g/mol. The van der Waals surface area contributed by atoms with Crippen molar-refractivity contribution in [2.75, 3.05) is 25.6 Å². The second kappa shape index (κ2) is 7.01. The topological polar surface area (TPSA) is 50.4 Å². The molecule has 0 saturated heterocycles. The smallest absolute Gasteiger partial charge is 0.242 e. The molecule has 0 aromatic heterocycles. The molecular formula is C14H22N2O2. The Morgan fingerprint density at radius 2 is 2.06 bits per heavy atom. The predicted octanol–water partition coefficient (Wildman–Crippen LogP) is 1.87. The molecule has 0 heterocycles. The Bertz CT molecular complexity index is 405. The van der Waals surface area contributed by atoms with Gasteiger partial charge in [0.2, 0.25) is 5.91 Å². The van der Waals surface area contributed by atoms with Crippen LogP contribution in [0, 0.1) is 13.8 Å². The maximum Gasteiger partial charge on any atom is 0.242 e. The third kappa shape index (κ3) is 4.37. The summed E-state index contributed by atoms with van der Waals surface area (Å²) in [6.45, 7) is 7.04. The average molecular weight is 250 g/mol. The molecule has 0 aliphatic rings. The van der Waals surface area contributed by atoms with Gasteiger partial charge >= 0.3 is 0 Å². The van der Waals surface area contributed by atoms with Crippen LogP contribution in [0.25, 0.3) is 0 Å². The fraction of sp³-hybridized carbons (Fsp3) is 0.500. The fourth-order valence-corrected chi connectivity index (χ4v) is 1.58. The summed E-state index contributed by atoms with van der Waals surface area (Å²) in [7, 11) is 1.61. The van der Waals surface area contributed by atoms with E-state index in [1.165, 1.54) is 11.1 Å². The van der Waals surface area contributed by atoms with Gasteiger partial charge in [0.15, 0.2) is 0 Å². The van der Waals surface area contributed by atoms with Crippen molar-refractivity contribution >= 4 is 11.6 Å². The minimum atomic E-state index is -0.260. The lowest BCUT2D eigenvalue weighted by Gasteiger charge is -2.16. The van der Waals surface area contributed by atoms with Crippen LogP contribution in [-0.4, -0.2) is 32.2 Å². The zero-order valence-electron chi connectivity index (χ0n) is 11.5. The summed E-state index contributed by atoms with van der Waals surface area (Å²) in [6.07, 6.45) is 0. The molecule has 0 saturated carbocycles. The van der Waals surface area contributed by atoms with Gasteiger partial charge in [-0.2, -0.15) is 0 Å². The lowest BCUT2D eigenvalue weighted by atomic mass is 10.1. The largest absolute Gasteiger partial charge is 0.383 e. The average Bonchev–Trinajstić information content (AvgIpc) is 2.34. The summed E-state index contributed by atoms with van der Waals surface area (Å²) >= 11 is 0. The predicted molar refractivity (Wildman–Crippen MR) is 73.9 cm³/mol. The molecule has 0 bridgehead atoms. The van der Waals surface area contributed by atoms with Crippen LogP contribution in [0.4, 0.5) is 5.69 Å². The maximum absolute atomic E-state index is 11.7. The van der Waals surface area contributed by atoms with E-state index in [1.54, 1.807) is 7.11 Å². The number of benzene rings is 1. The van der Waals surface area contributed by atoms with Crippen LogP contribution < -0.4 is 10.6 Å². The van der Waals surface area contributed by atoms with E-state index < -0.39 is 0 Å². The van der Waals surface area contributed by atoms with Crippen molar-refractivity contribution in [3.8, 4) is 0 Å². The van der Waals surface area contributed by atoms with Crippen molar-refractivity contribution in [2.24, 2.45) is 0 Å². The molecular weight excluding hydrogens is 228 g/mol. The molecule has 1 atom stereocenters. The molecule has 100 valence electrons. The van der Waals surface area contributed by atoms with Crippen LogP contribution in [-0.2, 0) is 9.53 Å². The van der Waals surface area contributed by atoms with Gasteiger partial charge in [-0.25, -0.2) is 0 Å². The summed E-state index contributed by atoms with van der Waals surface area (Å²) in [4.78, 5) is 11.7. The van der Waals surface area contributed by atoms with E-state index >= 15 is 0 Å². The van der Waals surface area contributed by atoms with E-state index in [-0.39, 0.29) is 11.9 Å². The standard InChI is InChI=1S/C14H22N2O2/c1-10-5-6-13(9-11(10)2)16-12(3)14(17)15-7-8-18-4/h5-6,9,12,16H,7-8H2,1-4H3,(H,15,17). The van der Waals surface area contributed by atoms with Gasteiger partial charge in [-0.15, -0.1) is 0 Å². The number of carbonyl (C=O) groups is 1. The molecule has 0 spiro atoms. The molecule has 1 rings (SSSR count). The summed E-state index contributed by atoms with van der Waals surface area (Å²) in [5, 5.41) is 5.99. The molecule has 1 aromatic carbocycles. The summed E-state index contributed by atoms with van der Waals surface area (Å²) in [5.74, 6) is -0.0229. The number of ether oxygens (including phenoxy) is 1. The number of hydrogen-bond acceptors (Lipinski definition) is 3. The maximum atomic E-state index is 11.7. The highest BCUT2D eigenvalue weighted by Crippen LogP contribution is 2.14. The second-order valence-electron chi connectivity index (χ2n) is 4.45. The minimum Gasteiger partial charge on any atom is -0.383 e. The minimum absolute atomic E-state index is 0.0229. The van der Waals surface area contributed by atoms with Gasteiger partial charge in [0, 0.05) is 19.3 Å². The normalized spacial score (nSPS) is 12.0. The van der Waals surface area contributed by atoms with E-state index in [0.29, 0.717) is 13.2 Å². The fourth-order valence-electron chi connectivity index (χ4n) is 1.58. The molecule has 0 fully saturated rings. The van der Waals surface area contributed by atoms with Crippen LogP contribution in [0.3, 0.4) is 0 Å². The van der Waals surface area contributed by atoms with Crippen molar-refractivity contribution in [3.05, 3.63) is 29.3 Å². The number of hydrogen-bond donors (Lipinski definition) is 2. The first kappa shape index (κ1) is 14.5. The van der Waals surface area contributed by atoms with Gasteiger partial charge in [-0.1, -0.05) is 6.07 Å². The van der Waals surface area contributed by atoms with Gasteiger partial charge in [-0.3, -0.25) is 4.79 Å². The highest BCUT2D eigenvalue weighted by molar-refractivity contribution is 5.84. The van der Waals surface area contributed by atoms with Crippen LogP contribution in [0.2, 0.25) is 0 Å². The molecule has 4 nitrogen and oxygen atoms in total. The molecule has 0 radical (unpaired) electrons. The van der Waals surface area contributed by atoms with Crippen molar-refractivity contribution in [1.29, 1.82) is 0 Å². The van der Waals surface area contributed by atoms with E-state index in [4.69, 9.17) is 4.74 Å². The summed E-state index contributed by atoms with van der Waals surface area (Å²) < 4.78 is 4.88. The number of rotatable bonds is 6.